The van der Waals surface area contributed by atoms with Gasteiger partial charge in [0.1, 0.15) is 4.90 Å². The Balaban J connectivity index is 2.07. The first-order valence-electron chi connectivity index (χ1n) is 6.83. The van der Waals surface area contributed by atoms with E-state index in [9.17, 15) is 8.42 Å². The summed E-state index contributed by atoms with van der Waals surface area (Å²) >= 11 is 0. The maximum absolute atomic E-state index is 12.2. The molecule has 1 heterocycles. The van der Waals surface area contributed by atoms with Crippen LogP contribution in [-0.4, -0.2) is 24.2 Å². The molecule has 2 unspecified atom stereocenters. The Labute approximate surface area is 114 Å². The van der Waals surface area contributed by atoms with Crippen LogP contribution >= 0.6 is 0 Å². The first-order valence-corrected chi connectivity index (χ1v) is 8.31. The van der Waals surface area contributed by atoms with E-state index in [1.54, 1.807) is 4.68 Å². The first-order chi connectivity index (χ1) is 8.97. The third kappa shape index (κ3) is 3.27. The van der Waals surface area contributed by atoms with Crippen molar-refractivity contribution in [2.75, 3.05) is 5.73 Å². The second-order valence-corrected chi connectivity index (χ2v) is 6.84. The van der Waals surface area contributed by atoms with Gasteiger partial charge in [0.05, 0.1) is 0 Å². The molecule has 19 heavy (non-hydrogen) atoms. The van der Waals surface area contributed by atoms with Gasteiger partial charge in [-0.25, -0.2) is 13.1 Å². The van der Waals surface area contributed by atoms with E-state index in [-0.39, 0.29) is 16.8 Å². The molecule has 0 spiro atoms. The number of hydrogen-bond acceptors (Lipinski definition) is 4. The Morgan fingerprint density at radius 2 is 2.21 bits per heavy atom. The maximum Gasteiger partial charge on any atom is 0.246 e. The van der Waals surface area contributed by atoms with E-state index in [0.29, 0.717) is 12.5 Å². The highest BCUT2D eigenvalue weighted by Gasteiger charge is 2.40. The van der Waals surface area contributed by atoms with Gasteiger partial charge in [-0.2, -0.15) is 5.10 Å². The monoisotopic (exact) mass is 286 g/mol. The van der Waals surface area contributed by atoms with Crippen molar-refractivity contribution in [3.63, 3.8) is 0 Å². The van der Waals surface area contributed by atoms with Crippen LogP contribution < -0.4 is 10.5 Å². The number of aromatic nitrogens is 2. The van der Waals surface area contributed by atoms with Crippen LogP contribution in [0.4, 0.5) is 5.82 Å². The van der Waals surface area contributed by atoms with E-state index >= 15 is 0 Å². The van der Waals surface area contributed by atoms with Gasteiger partial charge >= 0.3 is 0 Å². The summed E-state index contributed by atoms with van der Waals surface area (Å²) in [5, 5.41) is 4.02. The lowest BCUT2D eigenvalue weighted by molar-refractivity contribution is 0.571. The van der Waals surface area contributed by atoms with E-state index in [2.05, 4.69) is 16.7 Å². The van der Waals surface area contributed by atoms with Crippen molar-refractivity contribution in [3.05, 3.63) is 6.20 Å². The fraction of sp³-hybridized carbons (Fsp3) is 0.750. The molecule has 6 nitrogen and oxygen atoms in total. The van der Waals surface area contributed by atoms with Crippen molar-refractivity contribution < 1.29 is 8.42 Å². The molecule has 0 saturated heterocycles. The van der Waals surface area contributed by atoms with Crippen LogP contribution in [0.3, 0.4) is 0 Å². The molecule has 2 atom stereocenters. The van der Waals surface area contributed by atoms with Gasteiger partial charge in [-0.1, -0.05) is 20.3 Å². The quantitative estimate of drug-likeness (QED) is 0.791. The van der Waals surface area contributed by atoms with Crippen molar-refractivity contribution in [1.82, 2.24) is 14.5 Å². The van der Waals surface area contributed by atoms with Gasteiger partial charge in [0, 0.05) is 18.8 Å². The molecular weight excluding hydrogens is 264 g/mol. The molecule has 2 rings (SSSR count). The third-order valence-corrected chi connectivity index (χ3v) is 4.89. The molecule has 1 saturated carbocycles. The molecule has 1 aromatic rings. The minimum atomic E-state index is -3.53. The molecule has 0 bridgehead atoms. The predicted molar refractivity (Wildman–Crippen MR) is 74.1 cm³/mol. The van der Waals surface area contributed by atoms with Gasteiger partial charge in [-0.05, 0) is 25.2 Å². The molecule has 0 aliphatic heterocycles. The van der Waals surface area contributed by atoms with Crippen LogP contribution in [-0.2, 0) is 16.6 Å². The lowest BCUT2D eigenvalue weighted by Gasteiger charge is -2.04. The molecule has 0 radical (unpaired) electrons. The molecular formula is C12H22N4O2S. The normalized spacial score (nSPS) is 22.6. The van der Waals surface area contributed by atoms with Crippen LogP contribution in [0.2, 0.25) is 0 Å². The number of nitrogens with zero attached hydrogens (tertiary/aromatic N) is 2. The summed E-state index contributed by atoms with van der Waals surface area (Å²) in [6.07, 6.45) is 5.47. The van der Waals surface area contributed by atoms with Gasteiger partial charge in [0.2, 0.25) is 10.0 Å². The van der Waals surface area contributed by atoms with Crippen LogP contribution in [0.15, 0.2) is 11.1 Å². The molecule has 108 valence electrons. The van der Waals surface area contributed by atoms with Gasteiger partial charge in [0.15, 0.2) is 5.82 Å². The van der Waals surface area contributed by atoms with E-state index < -0.39 is 10.0 Å². The Morgan fingerprint density at radius 3 is 2.84 bits per heavy atom. The summed E-state index contributed by atoms with van der Waals surface area (Å²) in [4.78, 5) is 0.100. The van der Waals surface area contributed by atoms with Crippen LogP contribution in [0.5, 0.6) is 0 Å². The topological polar surface area (TPSA) is 90.0 Å². The van der Waals surface area contributed by atoms with Crippen LogP contribution in [0, 0.1) is 5.92 Å². The highest BCUT2D eigenvalue weighted by atomic mass is 32.2. The number of nitrogen functional groups attached to an aromatic ring is 1. The minimum absolute atomic E-state index is 0.0684. The van der Waals surface area contributed by atoms with Crippen LogP contribution in [0.25, 0.3) is 0 Å². The van der Waals surface area contributed by atoms with Crippen molar-refractivity contribution >= 4 is 15.8 Å². The second kappa shape index (κ2) is 5.50. The number of nitrogens with one attached hydrogen (secondary N) is 1. The fourth-order valence-corrected chi connectivity index (χ4v) is 3.70. The Bertz CT molecular complexity index is 538. The number of aryl methyl sites for hydroxylation is 1. The van der Waals surface area contributed by atoms with E-state index in [1.807, 2.05) is 6.92 Å². The Hall–Kier alpha value is -1.08. The number of rotatable bonds is 7. The lowest BCUT2D eigenvalue weighted by Crippen LogP contribution is -2.27. The average Bonchev–Trinajstić information content (AvgIpc) is 2.90. The summed E-state index contributed by atoms with van der Waals surface area (Å²) in [5.74, 6) is 0.556. The predicted octanol–water partition coefficient (Wildman–Crippen LogP) is 1.34. The van der Waals surface area contributed by atoms with Crippen molar-refractivity contribution in [1.29, 1.82) is 0 Å². The maximum atomic E-state index is 12.2. The molecule has 1 aliphatic carbocycles. The number of anilines is 1. The number of hydrogen-bond donors (Lipinski definition) is 2. The van der Waals surface area contributed by atoms with E-state index in [1.165, 1.54) is 6.20 Å². The summed E-state index contributed by atoms with van der Waals surface area (Å²) in [6, 6.07) is 0.0684. The standard InChI is InChI=1S/C12H22N4O2S/c1-3-5-9-7-10(9)15-19(17,18)11-8-16(6-4-2)14-12(11)13/h8-10,15H,3-7H2,1-2H3,(H2,13,14). The van der Waals surface area contributed by atoms with Gasteiger partial charge in [-0.3, -0.25) is 4.68 Å². The summed E-state index contributed by atoms with van der Waals surface area (Å²) in [6.45, 7) is 4.78. The summed E-state index contributed by atoms with van der Waals surface area (Å²) in [7, 11) is -3.53. The third-order valence-electron chi connectivity index (χ3n) is 3.39. The zero-order valence-corrected chi connectivity index (χ0v) is 12.3. The van der Waals surface area contributed by atoms with Crippen LogP contribution in [0.1, 0.15) is 39.5 Å². The highest BCUT2D eigenvalue weighted by Crippen LogP contribution is 2.36. The Kier molecular flexibility index (Phi) is 4.15. The first kappa shape index (κ1) is 14.3. The smallest absolute Gasteiger partial charge is 0.246 e. The zero-order valence-electron chi connectivity index (χ0n) is 11.5. The molecule has 0 amide bonds. The number of sulfonamides is 1. The minimum Gasteiger partial charge on any atom is -0.381 e. The van der Waals surface area contributed by atoms with Gasteiger partial charge in [0.25, 0.3) is 0 Å². The van der Waals surface area contributed by atoms with Gasteiger partial charge < -0.3 is 5.73 Å². The lowest BCUT2D eigenvalue weighted by atomic mass is 10.2. The van der Waals surface area contributed by atoms with E-state index in [0.717, 1.165) is 25.7 Å². The second-order valence-electron chi connectivity index (χ2n) is 5.15. The van der Waals surface area contributed by atoms with Crippen molar-refractivity contribution in [2.45, 2.75) is 57.0 Å². The summed E-state index contributed by atoms with van der Waals surface area (Å²) in [5.41, 5.74) is 5.70. The van der Waals surface area contributed by atoms with Crippen molar-refractivity contribution in [2.24, 2.45) is 5.92 Å². The fourth-order valence-electron chi connectivity index (χ4n) is 2.31. The molecule has 3 N–H and O–H groups in total. The molecule has 1 aliphatic rings. The average molecular weight is 286 g/mol. The largest absolute Gasteiger partial charge is 0.381 e. The number of nitrogens with two attached hydrogens (primary N) is 1. The molecule has 7 heteroatoms. The molecule has 1 fully saturated rings. The summed E-state index contributed by atoms with van der Waals surface area (Å²) < 4.78 is 28.8. The molecule has 1 aromatic heterocycles. The van der Waals surface area contributed by atoms with Gasteiger partial charge in [-0.15, -0.1) is 0 Å². The van der Waals surface area contributed by atoms with E-state index in [4.69, 9.17) is 5.73 Å². The highest BCUT2D eigenvalue weighted by molar-refractivity contribution is 7.89. The Morgan fingerprint density at radius 1 is 1.47 bits per heavy atom. The SMILES string of the molecule is CCCC1CC1NS(=O)(=O)c1cn(CCC)nc1N. The zero-order chi connectivity index (χ0) is 14.0. The van der Waals surface area contributed by atoms with Crippen molar-refractivity contribution in [3.8, 4) is 0 Å². The molecule has 0 aromatic carbocycles.